The van der Waals surface area contributed by atoms with Crippen molar-refractivity contribution in [1.29, 1.82) is 5.26 Å². The first-order chi connectivity index (χ1) is 14.9. The van der Waals surface area contributed by atoms with Gasteiger partial charge in [0, 0.05) is 16.7 Å². The number of carbonyl (C=O) groups excluding carboxylic acids is 1. The molecular formula is C23H17ClN2O5. The number of ether oxygens (including phenoxy) is 3. The van der Waals surface area contributed by atoms with Gasteiger partial charge in [-0.3, -0.25) is 0 Å². The maximum atomic E-state index is 12.2. The normalized spacial score (nSPS) is 14.9. The molecule has 0 amide bonds. The van der Waals surface area contributed by atoms with Crippen molar-refractivity contribution in [3.05, 3.63) is 88.2 Å². The molecule has 7 nitrogen and oxygen atoms in total. The lowest BCUT2D eigenvalue weighted by Crippen LogP contribution is -2.21. The Balaban J connectivity index is 1.53. The molecule has 0 radical (unpaired) electrons. The Morgan fingerprint density at radius 1 is 1.19 bits per heavy atom. The fourth-order valence-electron chi connectivity index (χ4n) is 3.26. The van der Waals surface area contributed by atoms with Crippen LogP contribution in [0.2, 0.25) is 5.02 Å². The molecule has 0 bridgehead atoms. The van der Waals surface area contributed by atoms with E-state index in [1.165, 1.54) is 6.07 Å². The van der Waals surface area contributed by atoms with Crippen LogP contribution in [0.1, 0.15) is 23.0 Å². The van der Waals surface area contributed by atoms with Gasteiger partial charge in [0.05, 0.1) is 5.92 Å². The molecule has 0 saturated carbocycles. The molecule has 1 atom stereocenters. The number of benzene rings is 2. The summed E-state index contributed by atoms with van der Waals surface area (Å²) in [7, 11) is 0. The van der Waals surface area contributed by atoms with Crippen molar-refractivity contribution < 1.29 is 23.4 Å². The van der Waals surface area contributed by atoms with Gasteiger partial charge in [0.2, 0.25) is 5.88 Å². The predicted molar refractivity (Wildman–Crippen MR) is 112 cm³/mol. The first-order valence-electron chi connectivity index (χ1n) is 9.31. The highest BCUT2D eigenvalue weighted by molar-refractivity contribution is 6.30. The standard InChI is InChI=1S/C23H17ClN2O5/c1-13-5-8-19(29-13)22-17-7-6-16(10-20(17)31-23(26)18(22)11-25)30-21(27)12-28-15-4-2-3-14(24)9-15/h2-10,22H,12,26H2,1H3. The van der Waals surface area contributed by atoms with E-state index in [-0.39, 0.29) is 23.8 Å². The summed E-state index contributed by atoms with van der Waals surface area (Å²) in [5.41, 5.74) is 6.90. The average molecular weight is 437 g/mol. The number of hydrogen-bond acceptors (Lipinski definition) is 7. The third kappa shape index (κ3) is 4.34. The van der Waals surface area contributed by atoms with Crippen molar-refractivity contribution in [3.8, 4) is 23.3 Å². The average Bonchev–Trinajstić information content (AvgIpc) is 3.17. The molecule has 0 fully saturated rings. The molecule has 1 aromatic heterocycles. The molecule has 31 heavy (non-hydrogen) atoms. The lowest BCUT2D eigenvalue weighted by Gasteiger charge is -2.25. The van der Waals surface area contributed by atoms with Crippen LogP contribution in [0.5, 0.6) is 17.2 Å². The van der Waals surface area contributed by atoms with Crippen molar-refractivity contribution in [2.24, 2.45) is 5.73 Å². The van der Waals surface area contributed by atoms with E-state index in [0.29, 0.717) is 33.6 Å². The molecule has 0 spiro atoms. The fourth-order valence-corrected chi connectivity index (χ4v) is 3.44. The van der Waals surface area contributed by atoms with E-state index in [4.69, 9.17) is 36.0 Å². The van der Waals surface area contributed by atoms with Crippen LogP contribution in [0.4, 0.5) is 0 Å². The first-order valence-corrected chi connectivity index (χ1v) is 9.69. The lowest BCUT2D eigenvalue weighted by molar-refractivity contribution is -0.136. The van der Waals surface area contributed by atoms with E-state index in [0.717, 1.165) is 0 Å². The zero-order valence-corrected chi connectivity index (χ0v) is 17.2. The third-order valence-corrected chi connectivity index (χ3v) is 4.86. The SMILES string of the molecule is Cc1ccc(C2C(C#N)=C(N)Oc3cc(OC(=O)COc4cccc(Cl)c4)ccc32)o1. The second-order valence-corrected chi connectivity index (χ2v) is 7.23. The second kappa shape index (κ2) is 8.46. The number of nitrogens with two attached hydrogens (primary N) is 1. The minimum Gasteiger partial charge on any atom is -0.482 e. The highest BCUT2D eigenvalue weighted by atomic mass is 35.5. The van der Waals surface area contributed by atoms with E-state index in [1.807, 2.05) is 13.0 Å². The summed E-state index contributed by atoms with van der Waals surface area (Å²) in [6.45, 7) is 1.52. The summed E-state index contributed by atoms with van der Waals surface area (Å²) in [5.74, 6) is 1.22. The Hall–Kier alpha value is -3.89. The van der Waals surface area contributed by atoms with E-state index in [9.17, 15) is 10.1 Å². The lowest BCUT2D eigenvalue weighted by atomic mass is 9.87. The van der Waals surface area contributed by atoms with Crippen LogP contribution in [0, 0.1) is 18.3 Å². The molecule has 8 heteroatoms. The molecule has 1 unspecified atom stereocenters. The van der Waals surface area contributed by atoms with E-state index < -0.39 is 11.9 Å². The Bertz CT molecular complexity index is 1220. The maximum absolute atomic E-state index is 12.2. The van der Waals surface area contributed by atoms with Crippen LogP contribution in [0.3, 0.4) is 0 Å². The quantitative estimate of drug-likeness (QED) is 0.465. The number of nitrogens with zero attached hydrogens (tertiary/aromatic N) is 1. The van der Waals surface area contributed by atoms with Gasteiger partial charge in [0.15, 0.2) is 6.61 Å². The third-order valence-electron chi connectivity index (χ3n) is 4.62. The van der Waals surface area contributed by atoms with Crippen LogP contribution in [-0.2, 0) is 4.79 Å². The predicted octanol–water partition coefficient (Wildman–Crippen LogP) is 4.44. The molecule has 0 aliphatic carbocycles. The molecule has 2 aromatic carbocycles. The van der Waals surface area contributed by atoms with Crippen LogP contribution in [0.15, 0.2) is 70.5 Å². The zero-order valence-electron chi connectivity index (χ0n) is 16.4. The molecule has 2 N–H and O–H groups in total. The number of hydrogen-bond donors (Lipinski definition) is 1. The van der Waals surface area contributed by atoms with Gasteiger partial charge < -0.3 is 24.4 Å². The molecule has 1 aliphatic rings. The number of furan rings is 1. The summed E-state index contributed by atoms with van der Waals surface area (Å²) in [6, 6.07) is 17.3. The number of aryl methyl sites for hydroxylation is 1. The monoisotopic (exact) mass is 436 g/mol. The summed E-state index contributed by atoms with van der Waals surface area (Å²) in [4.78, 5) is 12.2. The molecule has 2 heterocycles. The van der Waals surface area contributed by atoms with Crippen molar-refractivity contribution in [2.75, 3.05) is 6.61 Å². The van der Waals surface area contributed by atoms with E-state index >= 15 is 0 Å². The zero-order chi connectivity index (χ0) is 22.0. The summed E-state index contributed by atoms with van der Waals surface area (Å²) in [5, 5.41) is 10.1. The highest BCUT2D eigenvalue weighted by Crippen LogP contribution is 2.43. The number of rotatable bonds is 5. The molecule has 4 rings (SSSR count). The van der Waals surface area contributed by atoms with Crippen LogP contribution in [-0.4, -0.2) is 12.6 Å². The van der Waals surface area contributed by atoms with Crippen LogP contribution < -0.4 is 19.9 Å². The fraction of sp³-hybridized carbons (Fsp3) is 0.130. The van der Waals surface area contributed by atoms with Gasteiger partial charge in [0.25, 0.3) is 0 Å². The number of halogens is 1. The molecule has 156 valence electrons. The summed E-state index contributed by atoms with van der Waals surface area (Å²) in [6.07, 6.45) is 0. The number of nitriles is 1. The van der Waals surface area contributed by atoms with Gasteiger partial charge in [0.1, 0.15) is 40.4 Å². The summed E-state index contributed by atoms with van der Waals surface area (Å²) < 4.78 is 22.1. The molecular weight excluding hydrogens is 420 g/mol. The molecule has 1 aliphatic heterocycles. The Morgan fingerprint density at radius 3 is 2.74 bits per heavy atom. The van der Waals surface area contributed by atoms with Crippen molar-refractivity contribution in [3.63, 3.8) is 0 Å². The Kier molecular flexibility index (Phi) is 5.56. The van der Waals surface area contributed by atoms with Gasteiger partial charge >= 0.3 is 5.97 Å². The highest BCUT2D eigenvalue weighted by Gasteiger charge is 2.33. The van der Waals surface area contributed by atoms with Gasteiger partial charge in [-0.05, 0) is 43.3 Å². The minimum atomic E-state index is -0.602. The van der Waals surface area contributed by atoms with Gasteiger partial charge in [-0.1, -0.05) is 23.7 Å². The van der Waals surface area contributed by atoms with E-state index in [2.05, 4.69) is 6.07 Å². The van der Waals surface area contributed by atoms with Crippen molar-refractivity contribution in [1.82, 2.24) is 0 Å². The Morgan fingerprint density at radius 2 is 2.03 bits per heavy atom. The largest absolute Gasteiger partial charge is 0.482 e. The van der Waals surface area contributed by atoms with Gasteiger partial charge in [-0.15, -0.1) is 0 Å². The smallest absolute Gasteiger partial charge is 0.349 e. The van der Waals surface area contributed by atoms with Gasteiger partial charge in [-0.25, -0.2) is 4.79 Å². The number of allylic oxidation sites excluding steroid dienone is 1. The first kappa shape index (κ1) is 20.4. The van der Waals surface area contributed by atoms with Crippen LogP contribution >= 0.6 is 11.6 Å². The maximum Gasteiger partial charge on any atom is 0.349 e. The number of esters is 1. The van der Waals surface area contributed by atoms with E-state index in [1.54, 1.807) is 42.5 Å². The Labute approximate surface area is 183 Å². The van der Waals surface area contributed by atoms with Gasteiger partial charge in [-0.2, -0.15) is 5.26 Å². The summed E-state index contributed by atoms with van der Waals surface area (Å²) >= 11 is 5.90. The molecule has 0 saturated heterocycles. The number of fused-ring (bicyclic) bond motifs is 1. The van der Waals surface area contributed by atoms with Crippen molar-refractivity contribution >= 4 is 17.6 Å². The number of carbonyl (C=O) groups is 1. The minimum absolute atomic E-state index is 0.0261. The second-order valence-electron chi connectivity index (χ2n) is 6.79. The molecule has 3 aromatic rings. The van der Waals surface area contributed by atoms with Crippen LogP contribution in [0.25, 0.3) is 0 Å². The van der Waals surface area contributed by atoms with Crippen molar-refractivity contribution in [2.45, 2.75) is 12.8 Å². The topological polar surface area (TPSA) is 108 Å².